The minimum absolute atomic E-state index is 0.183. The zero-order valence-corrected chi connectivity index (χ0v) is 16.8. The number of amides is 1. The van der Waals surface area contributed by atoms with Gasteiger partial charge in [0.15, 0.2) is 5.76 Å². The fourth-order valence-corrected chi connectivity index (χ4v) is 3.78. The van der Waals surface area contributed by atoms with Crippen molar-refractivity contribution < 1.29 is 23.8 Å². The molecule has 31 heavy (non-hydrogen) atoms. The highest BCUT2D eigenvalue weighted by atomic mass is 19.1. The highest BCUT2D eigenvalue weighted by Gasteiger charge is 2.41. The molecule has 4 rings (SSSR count). The summed E-state index contributed by atoms with van der Waals surface area (Å²) in [5.41, 5.74) is 3.05. The van der Waals surface area contributed by atoms with E-state index in [1.54, 1.807) is 36.4 Å². The van der Waals surface area contributed by atoms with E-state index in [0.29, 0.717) is 11.1 Å². The molecule has 0 bridgehead atoms. The van der Waals surface area contributed by atoms with Crippen molar-refractivity contribution in [2.24, 2.45) is 0 Å². The van der Waals surface area contributed by atoms with E-state index >= 15 is 0 Å². The molecule has 0 fully saturated rings. The van der Waals surface area contributed by atoms with Gasteiger partial charge in [-0.2, -0.15) is 0 Å². The van der Waals surface area contributed by atoms with Crippen molar-refractivity contribution in [2.75, 3.05) is 7.11 Å². The van der Waals surface area contributed by atoms with Gasteiger partial charge in [0.05, 0.1) is 18.7 Å². The predicted octanol–water partition coefficient (Wildman–Crippen LogP) is 4.67. The van der Waals surface area contributed by atoms with E-state index in [4.69, 9.17) is 4.74 Å². The molecule has 1 aliphatic heterocycles. The third-order valence-corrected chi connectivity index (χ3v) is 5.30. The summed E-state index contributed by atoms with van der Waals surface area (Å²) in [7, 11) is 1.31. The Morgan fingerprint density at radius 2 is 1.65 bits per heavy atom. The molecule has 0 aliphatic carbocycles. The number of carbonyl (C=O) groups is 2. The number of carbonyl (C=O) groups excluding carboxylic acids is 2. The first-order chi connectivity index (χ1) is 15.0. The number of esters is 1. The molecule has 0 saturated heterocycles. The Morgan fingerprint density at radius 1 is 1.00 bits per heavy atom. The molecular weight excluding hydrogens is 397 g/mol. The average Bonchev–Trinajstić information content (AvgIpc) is 3.05. The van der Waals surface area contributed by atoms with Crippen LogP contribution in [-0.4, -0.2) is 29.0 Å². The van der Waals surface area contributed by atoms with Crippen LogP contribution in [-0.2, 0) is 16.1 Å². The topological polar surface area (TPSA) is 66.8 Å². The Morgan fingerprint density at radius 3 is 2.26 bits per heavy atom. The molecule has 6 heteroatoms. The van der Waals surface area contributed by atoms with Gasteiger partial charge in [-0.25, -0.2) is 9.18 Å². The van der Waals surface area contributed by atoms with Crippen molar-refractivity contribution in [1.29, 1.82) is 0 Å². The number of rotatable bonds is 5. The van der Waals surface area contributed by atoms with Gasteiger partial charge in [0, 0.05) is 12.1 Å². The van der Waals surface area contributed by atoms with E-state index in [9.17, 15) is 19.1 Å². The van der Waals surface area contributed by atoms with Gasteiger partial charge < -0.3 is 14.7 Å². The standard InChI is InChI=1S/C25H20FNO4/c1-31-25(30)19-11-9-18(10-12-19)22-21(17-5-3-2-4-6-17)23(28)24(29)27(22)15-16-7-13-20(26)14-8-16/h2-14,22,28H,15H2,1H3/t22-/m0/s1. The van der Waals surface area contributed by atoms with Crippen LogP contribution in [0.15, 0.2) is 84.6 Å². The Labute approximate surface area is 179 Å². The lowest BCUT2D eigenvalue weighted by molar-refractivity contribution is -0.130. The summed E-state index contributed by atoms with van der Waals surface area (Å²) in [6, 6.07) is 21.2. The van der Waals surface area contributed by atoms with Gasteiger partial charge in [-0.05, 0) is 41.0 Å². The van der Waals surface area contributed by atoms with Crippen LogP contribution in [0.25, 0.3) is 5.57 Å². The first kappa shape index (κ1) is 20.3. The second-order valence-electron chi connectivity index (χ2n) is 7.20. The average molecular weight is 417 g/mol. The highest BCUT2D eigenvalue weighted by molar-refractivity contribution is 6.05. The molecular formula is C25H20FNO4. The van der Waals surface area contributed by atoms with Crippen LogP contribution in [0.5, 0.6) is 0 Å². The number of halogens is 1. The molecule has 0 unspecified atom stereocenters. The summed E-state index contributed by atoms with van der Waals surface area (Å²) < 4.78 is 18.1. The van der Waals surface area contributed by atoms with Gasteiger partial charge in [0.25, 0.3) is 5.91 Å². The first-order valence-electron chi connectivity index (χ1n) is 9.72. The molecule has 156 valence electrons. The van der Waals surface area contributed by atoms with Crippen molar-refractivity contribution in [1.82, 2.24) is 4.90 Å². The van der Waals surface area contributed by atoms with Gasteiger partial charge in [-0.1, -0.05) is 54.6 Å². The molecule has 1 N–H and O–H groups in total. The lowest BCUT2D eigenvalue weighted by atomic mass is 9.93. The molecule has 0 saturated carbocycles. The quantitative estimate of drug-likeness (QED) is 0.613. The number of ether oxygens (including phenoxy) is 1. The third kappa shape index (κ3) is 3.92. The first-order valence-corrected chi connectivity index (χ1v) is 9.72. The Bertz CT molecular complexity index is 1140. The summed E-state index contributed by atoms with van der Waals surface area (Å²) in [6.45, 7) is 0.183. The molecule has 1 atom stereocenters. The number of hydrogen-bond donors (Lipinski definition) is 1. The van der Waals surface area contributed by atoms with Crippen molar-refractivity contribution >= 4 is 17.4 Å². The zero-order valence-electron chi connectivity index (χ0n) is 16.8. The third-order valence-electron chi connectivity index (χ3n) is 5.30. The van der Waals surface area contributed by atoms with Crippen LogP contribution in [0.1, 0.15) is 33.1 Å². The fraction of sp³-hybridized carbons (Fsp3) is 0.120. The smallest absolute Gasteiger partial charge is 0.337 e. The van der Waals surface area contributed by atoms with Crippen molar-refractivity contribution in [3.8, 4) is 0 Å². The minimum atomic E-state index is -0.577. The maximum absolute atomic E-state index is 13.3. The van der Waals surface area contributed by atoms with Gasteiger partial charge >= 0.3 is 5.97 Å². The summed E-state index contributed by atoms with van der Waals surface area (Å²) in [6.07, 6.45) is 0. The SMILES string of the molecule is COC(=O)c1ccc([C@H]2C(c3ccccc3)=C(O)C(=O)N2Cc2ccc(F)cc2)cc1. The Hall–Kier alpha value is -3.93. The monoisotopic (exact) mass is 417 g/mol. The highest BCUT2D eigenvalue weighted by Crippen LogP contribution is 2.43. The summed E-state index contributed by atoms with van der Waals surface area (Å²) >= 11 is 0. The maximum atomic E-state index is 13.3. The van der Waals surface area contributed by atoms with Gasteiger partial charge in [0.2, 0.25) is 0 Å². The van der Waals surface area contributed by atoms with E-state index in [1.807, 2.05) is 30.3 Å². The number of nitrogens with zero attached hydrogens (tertiary/aromatic N) is 1. The van der Waals surface area contributed by atoms with E-state index < -0.39 is 17.9 Å². The molecule has 0 aromatic heterocycles. The van der Waals surface area contributed by atoms with Crippen LogP contribution in [0.2, 0.25) is 0 Å². The number of benzene rings is 3. The zero-order chi connectivity index (χ0) is 22.0. The summed E-state index contributed by atoms with van der Waals surface area (Å²) in [5.74, 6) is -1.66. The molecule has 1 aliphatic rings. The second-order valence-corrected chi connectivity index (χ2v) is 7.20. The number of aliphatic hydroxyl groups excluding tert-OH is 1. The van der Waals surface area contributed by atoms with E-state index in [-0.39, 0.29) is 18.1 Å². The number of methoxy groups -OCH3 is 1. The Kier molecular flexibility index (Phi) is 5.54. The largest absolute Gasteiger partial charge is 0.503 e. The molecule has 5 nitrogen and oxygen atoms in total. The van der Waals surface area contributed by atoms with E-state index in [2.05, 4.69) is 0 Å². The van der Waals surface area contributed by atoms with Gasteiger partial charge in [-0.3, -0.25) is 4.79 Å². The molecule has 3 aromatic carbocycles. The van der Waals surface area contributed by atoms with Crippen LogP contribution in [0.4, 0.5) is 4.39 Å². The lowest BCUT2D eigenvalue weighted by Gasteiger charge is -2.27. The molecule has 3 aromatic rings. The fourth-order valence-electron chi connectivity index (χ4n) is 3.78. The van der Waals surface area contributed by atoms with Crippen LogP contribution >= 0.6 is 0 Å². The van der Waals surface area contributed by atoms with Gasteiger partial charge in [-0.15, -0.1) is 0 Å². The summed E-state index contributed by atoms with van der Waals surface area (Å²) in [4.78, 5) is 26.4. The van der Waals surface area contributed by atoms with Crippen LogP contribution in [0, 0.1) is 5.82 Å². The molecule has 1 heterocycles. The van der Waals surface area contributed by atoms with E-state index in [1.165, 1.54) is 24.1 Å². The van der Waals surface area contributed by atoms with Crippen LogP contribution in [0.3, 0.4) is 0 Å². The predicted molar refractivity (Wildman–Crippen MR) is 113 cm³/mol. The van der Waals surface area contributed by atoms with E-state index in [0.717, 1.165) is 16.7 Å². The number of hydrogen-bond acceptors (Lipinski definition) is 4. The lowest BCUT2D eigenvalue weighted by Crippen LogP contribution is -2.29. The Balaban J connectivity index is 1.78. The van der Waals surface area contributed by atoms with Crippen molar-refractivity contribution in [3.05, 3.63) is 113 Å². The minimum Gasteiger partial charge on any atom is -0.503 e. The summed E-state index contributed by atoms with van der Waals surface area (Å²) in [5, 5.41) is 10.8. The molecule has 1 amide bonds. The van der Waals surface area contributed by atoms with Gasteiger partial charge in [0.1, 0.15) is 5.82 Å². The normalized spacial score (nSPS) is 16.0. The molecule has 0 radical (unpaired) electrons. The maximum Gasteiger partial charge on any atom is 0.337 e. The second kappa shape index (κ2) is 8.44. The van der Waals surface area contributed by atoms with Crippen LogP contribution < -0.4 is 0 Å². The van der Waals surface area contributed by atoms with Crippen molar-refractivity contribution in [3.63, 3.8) is 0 Å². The number of aliphatic hydroxyl groups is 1. The molecule has 0 spiro atoms. The van der Waals surface area contributed by atoms with Crippen molar-refractivity contribution in [2.45, 2.75) is 12.6 Å².